The smallest absolute Gasteiger partial charge is 0.134 e. The Kier molecular flexibility index (Phi) is 6.24. The third-order valence-corrected chi connectivity index (χ3v) is 1.67. The van der Waals surface area contributed by atoms with Gasteiger partial charge in [-0.15, -0.1) is 12.4 Å². The number of ether oxygens (including phenoxy) is 1. The van der Waals surface area contributed by atoms with Crippen LogP contribution in [0.25, 0.3) is 0 Å². The number of rotatable bonds is 2. The zero-order chi connectivity index (χ0) is 7.23. The fraction of sp³-hybridized carbons (Fsp3) is 0.857. The summed E-state index contributed by atoms with van der Waals surface area (Å²) >= 11 is 0. The first-order valence-corrected chi connectivity index (χ1v) is 3.63. The van der Waals surface area contributed by atoms with Gasteiger partial charge in [-0.2, -0.15) is 5.26 Å². The Morgan fingerprint density at radius 2 is 2.09 bits per heavy atom. The molecule has 0 aromatic heterocycles. The molecule has 11 heavy (non-hydrogen) atoms. The van der Waals surface area contributed by atoms with E-state index in [9.17, 15) is 0 Å². The SMILES string of the molecule is Cl.N#CCOC1CCNCC1. The number of hydrogen-bond donors (Lipinski definition) is 1. The first-order chi connectivity index (χ1) is 4.93. The molecule has 3 nitrogen and oxygen atoms in total. The molecule has 1 heterocycles. The maximum atomic E-state index is 8.21. The molecule has 0 aromatic carbocycles. The third-order valence-electron chi connectivity index (χ3n) is 1.67. The number of piperidine rings is 1. The van der Waals surface area contributed by atoms with E-state index in [1.807, 2.05) is 6.07 Å². The van der Waals surface area contributed by atoms with Crippen molar-refractivity contribution in [1.82, 2.24) is 5.32 Å². The molecule has 0 amide bonds. The first kappa shape index (κ1) is 10.7. The van der Waals surface area contributed by atoms with Crippen molar-refractivity contribution in [2.45, 2.75) is 18.9 Å². The number of halogens is 1. The highest BCUT2D eigenvalue weighted by Gasteiger charge is 2.11. The van der Waals surface area contributed by atoms with Crippen LogP contribution in [0, 0.1) is 11.3 Å². The largest absolute Gasteiger partial charge is 0.363 e. The van der Waals surface area contributed by atoms with Crippen LogP contribution >= 0.6 is 12.4 Å². The van der Waals surface area contributed by atoms with Gasteiger partial charge in [-0.25, -0.2) is 0 Å². The van der Waals surface area contributed by atoms with Crippen LogP contribution in [0.15, 0.2) is 0 Å². The lowest BCUT2D eigenvalue weighted by atomic mass is 10.1. The van der Waals surface area contributed by atoms with Gasteiger partial charge in [0.2, 0.25) is 0 Å². The number of nitrogens with zero attached hydrogens (tertiary/aromatic N) is 1. The molecular formula is C7H13ClN2O. The minimum Gasteiger partial charge on any atom is -0.363 e. The second-order valence-corrected chi connectivity index (χ2v) is 2.42. The summed E-state index contributed by atoms with van der Waals surface area (Å²) in [5, 5.41) is 11.4. The van der Waals surface area contributed by atoms with Gasteiger partial charge in [0, 0.05) is 0 Å². The van der Waals surface area contributed by atoms with Crippen LogP contribution in [0.1, 0.15) is 12.8 Å². The molecule has 1 aliphatic rings. The average molecular weight is 177 g/mol. The van der Waals surface area contributed by atoms with E-state index < -0.39 is 0 Å². The van der Waals surface area contributed by atoms with Crippen molar-refractivity contribution >= 4 is 12.4 Å². The van der Waals surface area contributed by atoms with E-state index in [1.165, 1.54) is 0 Å². The van der Waals surface area contributed by atoms with E-state index in [1.54, 1.807) is 0 Å². The molecule has 4 heteroatoms. The van der Waals surface area contributed by atoms with Gasteiger partial charge in [-0.1, -0.05) is 0 Å². The summed E-state index contributed by atoms with van der Waals surface area (Å²) in [5.74, 6) is 0. The summed E-state index contributed by atoms with van der Waals surface area (Å²) in [4.78, 5) is 0. The Labute approximate surface area is 73.1 Å². The molecule has 0 unspecified atom stereocenters. The van der Waals surface area contributed by atoms with Crippen molar-refractivity contribution in [3.8, 4) is 6.07 Å². The Hall–Kier alpha value is -0.300. The van der Waals surface area contributed by atoms with Crippen LogP contribution < -0.4 is 5.32 Å². The molecule has 0 aliphatic carbocycles. The van der Waals surface area contributed by atoms with Gasteiger partial charge in [0.15, 0.2) is 0 Å². The molecule has 0 spiro atoms. The van der Waals surface area contributed by atoms with Crippen LogP contribution in [0.2, 0.25) is 0 Å². The lowest BCUT2D eigenvalue weighted by Crippen LogP contribution is -2.32. The van der Waals surface area contributed by atoms with E-state index in [4.69, 9.17) is 10.00 Å². The maximum Gasteiger partial charge on any atom is 0.134 e. The van der Waals surface area contributed by atoms with Crippen molar-refractivity contribution in [1.29, 1.82) is 5.26 Å². The van der Waals surface area contributed by atoms with Gasteiger partial charge in [-0.05, 0) is 25.9 Å². The van der Waals surface area contributed by atoms with Crippen molar-refractivity contribution in [2.24, 2.45) is 0 Å². The summed E-state index contributed by atoms with van der Waals surface area (Å²) in [6.45, 7) is 2.29. The van der Waals surface area contributed by atoms with Crippen molar-refractivity contribution in [3.63, 3.8) is 0 Å². The summed E-state index contributed by atoms with van der Waals surface area (Å²) in [6.07, 6.45) is 2.41. The second-order valence-electron chi connectivity index (χ2n) is 2.42. The van der Waals surface area contributed by atoms with Crippen molar-refractivity contribution in [2.75, 3.05) is 19.7 Å². The van der Waals surface area contributed by atoms with Crippen molar-refractivity contribution in [3.05, 3.63) is 0 Å². The summed E-state index contributed by atoms with van der Waals surface area (Å²) in [7, 11) is 0. The van der Waals surface area contributed by atoms with Crippen LogP contribution in [0.4, 0.5) is 0 Å². The Bertz CT molecular complexity index is 129. The topological polar surface area (TPSA) is 45.0 Å². The highest BCUT2D eigenvalue weighted by Crippen LogP contribution is 2.05. The molecule has 64 valence electrons. The molecule has 1 saturated heterocycles. The summed E-state index contributed by atoms with van der Waals surface area (Å²) in [6, 6.07) is 1.97. The lowest BCUT2D eigenvalue weighted by molar-refractivity contribution is 0.0541. The van der Waals surface area contributed by atoms with E-state index in [2.05, 4.69) is 5.32 Å². The fourth-order valence-electron chi connectivity index (χ4n) is 1.12. The van der Waals surface area contributed by atoms with Gasteiger partial charge in [0.05, 0.1) is 12.2 Å². The molecule has 0 radical (unpaired) electrons. The number of nitriles is 1. The predicted octanol–water partition coefficient (Wildman–Crippen LogP) is 0.700. The first-order valence-electron chi connectivity index (χ1n) is 3.63. The molecule has 0 atom stereocenters. The maximum absolute atomic E-state index is 8.21. The quantitative estimate of drug-likeness (QED) is 0.674. The molecule has 1 N–H and O–H groups in total. The Balaban J connectivity index is 0.000001000. The molecule has 1 aliphatic heterocycles. The predicted molar refractivity (Wildman–Crippen MR) is 44.7 cm³/mol. The Morgan fingerprint density at radius 1 is 1.45 bits per heavy atom. The number of nitrogens with one attached hydrogen (secondary N) is 1. The number of hydrogen-bond acceptors (Lipinski definition) is 3. The minimum atomic E-state index is 0. The highest BCUT2D eigenvalue weighted by atomic mass is 35.5. The molecule has 0 bridgehead atoms. The second kappa shape index (κ2) is 6.41. The third kappa shape index (κ3) is 4.20. The van der Waals surface area contributed by atoms with Gasteiger partial charge in [-0.3, -0.25) is 0 Å². The monoisotopic (exact) mass is 176 g/mol. The molecular weight excluding hydrogens is 164 g/mol. The fourth-order valence-corrected chi connectivity index (χ4v) is 1.12. The lowest BCUT2D eigenvalue weighted by Gasteiger charge is -2.21. The van der Waals surface area contributed by atoms with Gasteiger partial charge >= 0.3 is 0 Å². The zero-order valence-electron chi connectivity index (χ0n) is 6.38. The highest BCUT2D eigenvalue weighted by molar-refractivity contribution is 5.85. The van der Waals surface area contributed by atoms with E-state index in [0.717, 1.165) is 25.9 Å². The molecule has 0 aromatic rings. The van der Waals surface area contributed by atoms with Crippen LogP contribution in [0.3, 0.4) is 0 Å². The standard InChI is InChI=1S/C7H12N2O.ClH/c8-3-6-10-7-1-4-9-5-2-7;/h7,9H,1-2,4-6H2;1H. The molecule has 1 fully saturated rings. The zero-order valence-corrected chi connectivity index (χ0v) is 7.19. The van der Waals surface area contributed by atoms with Gasteiger partial charge in [0.25, 0.3) is 0 Å². The normalized spacial score (nSPS) is 18.5. The van der Waals surface area contributed by atoms with E-state index in [-0.39, 0.29) is 19.0 Å². The minimum absolute atomic E-state index is 0. The van der Waals surface area contributed by atoms with E-state index >= 15 is 0 Å². The van der Waals surface area contributed by atoms with Crippen LogP contribution in [-0.2, 0) is 4.74 Å². The summed E-state index contributed by atoms with van der Waals surface area (Å²) < 4.78 is 5.23. The average Bonchev–Trinajstić information content (AvgIpc) is 2.03. The van der Waals surface area contributed by atoms with Crippen LogP contribution in [0.5, 0.6) is 0 Å². The molecule has 1 rings (SSSR count). The summed E-state index contributed by atoms with van der Waals surface area (Å²) in [5.41, 5.74) is 0. The molecule has 0 saturated carbocycles. The van der Waals surface area contributed by atoms with Crippen molar-refractivity contribution < 1.29 is 4.74 Å². The Morgan fingerprint density at radius 3 is 2.64 bits per heavy atom. The van der Waals surface area contributed by atoms with Gasteiger partial charge in [0.1, 0.15) is 6.61 Å². The van der Waals surface area contributed by atoms with E-state index in [0.29, 0.717) is 6.10 Å². The van der Waals surface area contributed by atoms with Crippen LogP contribution in [-0.4, -0.2) is 25.8 Å². The van der Waals surface area contributed by atoms with Gasteiger partial charge < -0.3 is 10.1 Å².